The minimum atomic E-state index is -0.0483. The zero-order valence-electron chi connectivity index (χ0n) is 13.9. The number of hydrazine groups is 1. The van der Waals surface area contributed by atoms with Gasteiger partial charge in [-0.15, -0.1) is 0 Å². The summed E-state index contributed by atoms with van der Waals surface area (Å²) in [5.41, 5.74) is 8.74. The van der Waals surface area contributed by atoms with Crippen molar-refractivity contribution in [1.82, 2.24) is 10.9 Å². The fraction of sp³-hybridized carbons (Fsp3) is 0.263. The molecule has 0 heterocycles. The molecule has 1 fully saturated rings. The molecule has 1 aliphatic carbocycles. The first-order valence-electron chi connectivity index (χ1n) is 8.28. The number of para-hydroxylation sites is 1. The average molecular weight is 374 g/mol. The smallest absolute Gasteiger partial charge is 0.242 e. The highest BCUT2D eigenvalue weighted by molar-refractivity contribution is 7.80. The number of amides is 1. The fourth-order valence-electron chi connectivity index (χ4n) is 2.88. The summed E-state index contributed by atoms with van der Waals surface area (Å²) in [6, 6.07) is 15.6. The Morgan fingerprint density at radius 2 is 1.88 bits per heavy atom. The lowest BCUT2D eigenvalue weighted by molar-refractivity contribution is -0.122. The number of hydrogen-bond donors (Lipinski definition) is 3. The number of thiocarbonyl (C=S) groups is 1. The van der Waals surface area contributed by atoms with Crippen molar-refractivity contribution in [2.45, 2.75) is 25.7 Å². The molecule has 1 saturated carbocycles. The molecule has 0 bridgehead atoms. The van der Waals surface area contributed by atoms with Crippen LogP contribution in [0.25, 0.3) is 0 Å². The van der Waals surface area contributed by atoms with Crippen molar-refractivity contribution in [1.29, 1.82) is 0 Å². The van der Waals surface area contributed by atoms with Crippen LogP contribution in [-0.2, 0) is 11.2 Å². The number of aryl methyl sites for hydroxylation is 1. The number of carbonyl (C=O) groups is 1. The normalized spacial score (nSPS) is 18.3. The summed E-state index contributed by atoms with van der Waals surface area (Å²) >= 11 is 11.2. The van der Waals surface area contributed by atoms with Gasteiger partial charge in [0.25, 0.3) is 0 Å². The molecule has 0 saturated heterocycles. The SMILES string of the molecule is CCc1ccccc1NC(=S)NNC(=O)[C@@H]1C[C@@H]1c1ccc(Cl)cc1. The van der Waals surface area contributed by atoms with Crippen LogP contribution in [0.15, 0.2) is 48.5 Å². The number of nitrogens with one attached hydrogen (secondary N) is 3. The van der Waals surface area contributed by atoms with E-state index in [0.29, 0.717) is 10.1 Å². The number of rotatable bonds is 4. The van der Waals surface area contributed by atoms with Crippen molar-refractivity contribution in [2.24, 2.45) is 5.92 Å². The molecule has 6 heteroatoms. The van der Waals surface area contributed by atoms with Gasteiger partial charge in [0.15, 0.2) is 5.11 Å². The minimum Gasteiger partial charge on any atom is -0.331 e. The van der Waals surface area contributed by atoms with Crippen LogP contribution >= 0.6 is 23.8 Å². The summed E-state index contributed by atoms with van der Waals surface area (Å²) in [5.74, 6) is 0.175. The molecule has 2 atom stereocenters. The van der Waals surface area contributed by atoms with Gasteiger partial charge in [0.2, 0.25) is 5.91 Å². The second-order valence-corrected chi connectivity index (χ2v) is 6.92. The van der Waals surface area contributed by atoms with Crippen molar-refractivity contribution in [3.8, 4) is 0 Å². The summed E-state index contributed by atoms with van der Waals surface area (Å²) < 4.78 is 0. The van der Waals surface area contributed by atoms with Crippen molar-refractivity contribution in [3.05, 3.63) is 64.7 Å². The summed E-state index contributed by atoms with van der Waals surface area (Å²) in [5, 5.41) is 4.19. The van der Waals surface area contributed by atoms with E-state index in [0.717, 1.165) is 24.1 Å². The molecule has 130 valence electrons. The number of halogens is 1. The third-order valence-corrected chi connectivity index (χ3v) is 4.83. The van der Waals surface area contributed by atoms with Gasteiger partial charge in [0.05, 0.1) is 0 Å². The van der Waals surface area contributed by atoms with E-state index in [1.807, 2.05) is 48.5 Å². The van der Waals surface area contributed by atoms with Crippen molar-refractivity contribution in [2.75, 3.05) is 5.32 Å². The van der Waals surface area contributed by atoms with Gasteiger partial charge in [-0.1, -0.05) is 48.9 Å². The monoisotopic (exact) mass is 373 g/mol. The molecule has 0 spiro atoms. The van der Waals surface area contributed by atoms with Gasteiger partial charge < -0.3 is 5.32 Å². The van der Waals surface area contributed by atoms with E-state index in [2.05, 4.69) is 23.1 Å². The van der Waals surface area contributed by atoms with Crippen LogP contribution in [-0.4, -0.2) is 11.0 Å². The molecule has 2 aromatic rings. The molecule has 2 aromatic carbocycles. The van der Waals surface area contributed by atoms with Crippen molar-refractivity contribution >= 4 is 40.5 Å². The number of anilines is 1. The van der Waals surface area contributed by atoms with Crippen LogP contribution in [0, 0.1) is 5.92 Å². The first-order valence-corrected chi connectivity index (χ1v) is 9.07. The topological polar surface area (TPSA) is 53.2 Å². The van der Waals surface area contributed by atoms with E-state index < -0.39 is 0 Å². The highest BCUT2D eigenvalue weighted by Crippen LogP contribution is 2.47. The molecule has 25 heavy (non-hydrogen) atoms. The first kappa shape index (κ1) is 17.7. The predicted octanol–water partition coefficient (Wildman–Crippen LogP) is 4.02. The van der Waals surface area contributed by atoms with Crippen molar-refractivity contribution < 1.29 is 4.79 Å². The maximum atomic E-state index is 12.2. The quantitative estimate of drug-likeness (QED) is 0.559. The van der Waals surface area contributed by atoms with Crippen molar-refractivity contribution in [3.63, 3.8) is 0 Å². The fourth-order valence-corrected chi connectivity index (χ4v) is 3.17. The Kier molecular flexibility index (Phi) is 5.56. The van der Waals surface area contributed by atoms with Crippen LogP contribution in [0.4, 0.5) is 5.69 Å². The van der Waals surface area contributed by atoms with Gasteiger partial charge in [-0.25, -0.2) is 0 Å². The molecule has 0 aliphatic heterocycles. The van der Waals surface area contributed by atoms with Gasteiger partial charge in [0, 0.05) is 16.6 Å². The Morgan fingerprint density at radius 1 is 1.16 bits per heavy atom. The highest BCUT2D eigenvalue weighted by atomic mass is 35.5. The van der Waals surface area contributed by atoms with E-state index >= 15 is 0 Å². The summed E-state index contributed by atoms with van der Waals surface area (Å²) in [4.78, 5) is 12.2. The van der Waals surface area contributed by atoms with Crippen LogP contribution in [0.5, 0.6) is 0 Å². The largest absolute Gasteiger partial charge is 0.331 e. The summed E-state index contributed by atoms with van der Waals surface area (Å²) in [6.45, 7) is 2.09. The zero-order valence-corrected chi connectivity index (χ0v) is 15.5. The molecule has 1 aliphatic rings. The Labute approximate surface area is 157 Å². The average Bonchev–Trinajstić information content (AvgIpc) is 3.41. The second-order valence-electron chi connectivity index (χ2n) is 6.08. The van der Waals surface area contributed by atoms with Crippen LogP contribution in [0.2, 0.25) is 5.02 Å². The lowest BCUT2D eigenvalue weighted by Crippen LogP contribution is -2.44. The van der Waals surface area contributed by atoms with E-state index in [9.17, 15) is 4.79 Å². The van der Waals surface area contributed by atoms with E-state index in [-0.39, 0.29) is 17.7 Å². The maximum Gasteiger partial charge on any atom is 0.242 e. The lowest BCUT2D eigenvalue weighted by Gasteiger charge is -2.14. The van der Waals surface area contributed by atoms with Crippen LogP contribution in [0.1, 0.15) is 30.4 Å². The van der Waals surface area contributed by atoms with Crippen LogP contribution < -0.4 is 16.2 Å². The maximum absolute atomic E-state index is 12.2. The second kappa shape index (κ2) is 7.85. The zero-order chi connectivity index (χ0) is 17.8. The molecule has 3 N–H and O–H groups in total. The molecular weight excluding hydrogens is 354 g/mol. The summed E-state index contributed by atoms with van der Waals surface area (Å²) in [7, 11) is 0. The molecule has 1 amide bonds. The Hall–Kier alpha value is -2.11. The van der Waals surface area contributed by atoms with E-state index in [1.54, 1.807) is 0 Å². The van der Waals surface area contributed by atoms with Gasteiger partial charge >= 0.3 is 0 Å². The van der Waals surface area contributed by atoms with Gasteiger partial charge in [-0.05, 0) is 60.3 Å². The first-order chi connectivity index (χ1) is 12.1. The van der Waals surface area contributed by atoms with Gasteiger partial charge in [0.1, 0.15) is 0 Å². The highest BCUT2D eigenvalue weighted by Gasteiger charge is 2.43. The Bertz CT molecular complexity index is 778. The summed E-state index contributed by atoms with van der Waals surface area (Å²) in [6.07, 6.45) is 1.75. The Balaban J connectivity index is 1.48. The lowest BCUT2D eigenvalue weighted by atomic mass is 10.1. The predicted molar refractivity (Wildman–Crippen MR) is 106 cm³/mol. The third kappa shape index (κ3) is 4.50. The van der Waals surface area contributed by atoms with Crippen LogP contribution in [0.3, 0.4) is 0 Å². The number of benzene rings is 2. The van der Waals surface area contributed by atoms with Gasteiger partial charge in [-0.3, -0.25) is 15.6 Å². The third-order valence-electron chi connectivity index (χ3n) is 4.37. The molecule has 0 radical (unpaired) electrons. The number of carbonyl (C=O) groups excluding carboxylic acids is 1. The molecule has 0 aromatic heterocycles. The molecular formula is C19H20ClN3OS. The Morgan fingerprint density at radius 3 is 2.60 bits per heavy atom. The molecule has 3 rings (SSSR count). The standard InChI is InChI=1S/C19H20ClN3OS/c1-2-12-5-3-4-6-17(12)21-19(25)23-22-18(24)16-11-15(16)13-7-9-14(20)10-8-13/h3-10,15-16H,2,11H2,1H3,(H,22,24)(H2,21,23,25)/t15-,16-/m1/s1. The van der Waals surface area contributed by atoms with E-state index in [4.69, 9.17) is 23.8 Å². The van der Waals surface area contributed by atoms with Gasteiger partial charge in [-0.2, -0.15) is 0 Å². The minimum absolute atomic E-state index is 0.0283. The van der Waals surface area contributed by atoms with E-state index in [1.165, 1.54) is 5.56 Å². The molecule has 0 unspecified atom stereocenters. The molecule has 4 nitrogen and oxygen atoms in total. The number of hydrogen-bond acceptors (Lipinski definition) is 2.